The number of hydrogen-bond acceptors (Lipinski definition) is 3. The second-order valence-electron chi connectivity index (χ2n) is 6.36. The fraction of sp³-hybridized carbons (Fsp3) is 0.300. The van der Waals surface area contributed by atoms with E-state index in [1.54, 1.807) is 0 Å². The summed E-state index contributed by atoms with van der Waals surface area (Å²) in [7, 11) is 2.06. The molecule has 0 fully saturated rings. The van der Waals surface area contributed by atoms with Gasteiger partial charge in [0.25, 0.3) is 0 Å². The van der Waals surface area contributed by atoms with Crippen molar-refractivity contribution < 1.29 is 0 Å². The molecule has 0 spiro atoms. The van der Waals surface area contributed by atoms with Gasteiger partial charge < -0.3 is 14.5 Å². The van der Waals surface area contributed by atoms with Gasteiger partial charge in [0.1, 0.15) is 5.82 Å². The number of para-hydroxylation sites is 4. The van der Waals surface area contributed by atoms with Gasteiger partial charge in [-0.05, 0) is 30.7 Å². The van der Waals surface area contributed by atoms with Gasteiger partial charge in [0, 0.05) is 13.6 Å². The summed E-state index contributed by atoms with van der Waals surface area (Å²) in [4.78, 5) is 9.52. The first-order valence-electron chi connectivity index (χ1n) is 8.87. The number of imidazole rings is 2. The second kappa shape index (κ2) is 6.59. The Kier molecular flexibility index (Phi) is 4.14. The van der Waals surface area contributed by atoms with Crippen LogP contribution in [-0.4, -0.2) is 19.1 Å². The number of anilines is 1. The SMILES string of the molecule is CCCCn1c(NCc2nc3ccccc3n2C)nc2ccccc21. The first-order valence-corrected chi connectivity index (χ1v) is 8.87. The minimum Gasteiger partial charge on any atom is -0.348 e. The van der Waals surface area contributed by atoms with Gasteiger partial charge in [-0.1, -0.05) is 37.6 Å². The van der Waals surface area contributed by atoms with Crippen LogP contribution < -0.4 is 5.32 Å². The van der Waals surface area contributed by atoms with Gasteiger partial charge in [0.05, 0.1) is 28.6 Å². The van der Waals surface area contributed by atoms with Gasteiger partial charge >= 0.3 is 0 Å². The van der Waals surface area contributed by atoms with E-state index in [4.69, 9.17) is 9.97 Å². The zero-order valence-electron chi connectivity index (χ0n) is 14.7. The van der Waals surface area contributed by atoms with Crippen molar-refractivity contribution in [1.82, 2.24) is 19.1 Å². The molecule has 5 nitrogen and oxygen atoms in total. The molecule has 0 unspecified atom stereocenters. The molecule has 4 rings (SSSR count). The van der Waals surface area contributed by atoms with Crippen LogP contribution in [0.2, 0.25) is 0 Å². The van der Waals surface area contributed by atoms with Crippen LogP contribution in [0.5, 0.6) is 0 Å². The molecular weight excluding hydrogens is 310 g/mol. The van der Waals surface area contributed by atoms with Gasteiger partial charge in [-0.2, -0.15) is 0 Å². The Balaban J connectivity index is 1.64. The Hall–Kier alpha value is -2.82. The van der Waals surface area contributed by atoms with E-state index in [1.165, 1.54) is 5.52 Å². The van der Waals surface area contributed by atoms with Crippen molar-refractivity contribution >= 4 is 28.0 Å². The number of nitrogens with one attached hydrogen (secondary N) is 1. The van der Waals surface area contributed by atoms with E-state index in [0.717, 1.165) is 47.7 Å². The predicted molar refractivity (Wildman–Crippen MR) is 103 cm³/mol. The Bertz CT molecular complexity index is 1010. The Labute approximate surface area is 147 Å². The lowest BCUT2D eigenvalue weighted by molar-refractivity contribution is 0.647. The van der Waals surface area contributed by atoms with E-state index >= 15 is 0 Å². The molecule has 0 aliphatic heterocycles. The van der Waals surface area contributed by atoms with Crippen molar-refractivity contribution in [3.05, 3.63) is 54.4 Å². The molecule has 0 saturated carbocycles. The minimum atomic E-state index is 0.653. The fourth-order valence-corrected chi connectivity index (χ4v) is 3.26. The van der Waals surface area contributed by atoms with Crippen LogP contribution in [0.3, 0.4) is 0 Å². The first kappa shape index (κ1) is 15.7. The number of aryl methyl sites for hydroxylation is 2. The van der Waals surface area contributed by atoms with Crippen LogP contribution in [0, 0.1) is 0 Å². The third kappa shape index (κ3) is 2.86. The highest BCUT2D eigenvalue weighted by atomic mass is 15.2. The van der Waals surface area contributed by atoms with E-state index < -0.39 is 0 Å². The van der Waals surface area contributed by atoms with Crippen molar-refractivity contribution in [2.45, 2.75) is 32.9 Å². The largest absolute Gasteiger partial charge is 0.348 e. The van der Waals surface area contributed by atoms with Crippen LogP contribution in [-0.2, 0) is 20.1 Å². The zero-order chi connectivity index (χ0) is 17.2. The molecule has 0 bridgehead atoms. The summed E-state index contributed by atoms with van der Waals surface area (Å²) in [5, 5.41) is 3.50. The molecule has 25 heavy (non-hydrogen) atoms. The lowest BCUT2D eigenvalue weighted by atomic mass is 10.3. The van der Waals surface area contributed by atoms with E-state index in [-0.39, 0.29) is 0 Å². The van der Waals surface area contributed by atoms with Crippen molar-refractivity contribution in [3.63, 3.8) is 0 Å². The van der Waals surface area contributed by atoms with Crippen molar-refractivity contribution in [1.29, 1.82) is 0 Å². The molecule has 128 valence electrons. The highest BCUT2D eigenvalue weighted by Gasteiger charge is 2.12. The van der Waals surface area contributed by atoms with Gasteiger partial charge in [-0.15, -0.1) is 0 Å². The van der Waals surface area contributed by atoms with E-state index in [1.807, 2.05) is 18.2 Å². The van der Waals surface area contributed by atoms with Crippen LogP contribution in [0.1, 0.15) is 25.6 Å². The Morgan fingerprint density at radius 3 is 2.32 bits per heavy atom. The average Bonchev–Trinajstić information content (AvgIpc) is 3.16. The highest BCUT2D eigenvalue weighted by molar-refractivity contribution is 5.79. The number of rotatable bonds is 6. The molecule has 5 heteroatoms. The lowest BCUT2D eigenvalue weighted by Crippen LogP contribution is -2.11. The maximum atomic E-state index is 4.78. The highest BCUT2D eigenvalue weighted by Crippen LogP contribution is 2.21. The Morgan fingerprint density at radius 1 is 0.920 bits per heavy atom. The van der Waals surface area contributed by atoms with Crippen LogP contribution >= 0.6 is 0 Å². The maximum Gasteiger partial charge on any atom is 0.204 e. The number of aromatic nitrogens is 4. The summed E-state index contributed by atoms with van der Waals surface area (Å²) in [5.74, 6) is 1.93. The van der Waals surface area contributed by atoms with Crippen LogP contribution in [0.4, 0.5) is 5.95 Å². The lowest BCUT2D eigenvalue weighted by Gasteiger charge is -2.10. The van der Waals surface area contributed by atoms with Gasteiger partial charge in [-0.3, -0.25) is 0 Å². The van der Waals surface area contributed by atoms with Gasteiger partial charge in [-0.25, -0.2) is 9.97 Å². The molecule has 0 atom stereocenters. The van der Waals surface area contributed by atoms with Crippen LogP contribution in [0.25, 0.3) is 22.1 Å². The van der Waals surface area contributed by atoms with Gasteiger partial charge in [0.2, 0.25) is 5.95 Å². The fourth-order valence-electron chi connectivity index (χ4n) is 3.26. The normalized spacial score (nSPS) is 11.4. The van der Waals surface area contributed by atoms with Crippen molar-refractivity contribution in [3.8, 4) is 0 Å². The quantitative estimate of drug-likeness (QED) is 0.571. The summed E-state index contributed by atoms with van der Waals surface area (Å²) >= 11 is 0. The monoisotopic (exact) mass is 333 g/mol. The van der Waals surface area contributed by atoms with E-state index in [9.17, 15) is 0 Å². The minimum absolute atomic E-state index is 0.653. The summed E-state index contributed by atoms with van der Waals surface area (Å²) in [5.41, 5.74) is 4.40. The molecule has 0 aliphatic carbocycles. The topological polar surface area (TPSA) is 47.7 Å². The summed E-state index contributed by atoms with van der Waals surface area (Å²) in [6, 6.07) is 16.5. The summed E-state index contributed by atoms with van der Waals surface area (Å²) in [6.45, 7) is 3.84. The summed E-state index contributed by atoms with van der Waals surface area (Å²) < 4.78 is 4.42. The number of benzene rings is 2. The molecule has 0 aliphatic rings. The number of unbranched alkanes of at least 4 members (excludes halogenated alkanes) is 1. The molecule has 0 amide bonds. The molecule has 1 N–H and O–H groups in total. The third-order valence-corrected chi connectivity index (χ3v) is 4.67. The number of nitrogens with zero attached hydrogens (tertiary/aromatic N) is 4. The van der Waals surface area contributed by atoms with E-state index in [0.29, 0.717) is 6.54 Å². The summed E-state index contributed by atoms with van der Waals surface area (Å²) in [6.07, 6.45) is 2.30. The number of fused-ring (bicyclic) bond motifs is 2. The van der Waals surface area contributed by atoms with Crippen molar-refractivity contribution in [2.75, 3.05) is 5.32 Å². The first-order chi connectivity index (χ1) is 12.3. The second-order valence-corrected chi connectivity index (χ2v) is 6.36. The Morgan fingerprint density at radius 2 is 1.60 bits per heavy atom. The third-order valence-electron chi connectivity index (χ3n) is 4.67. The molecular formula is C20H23N5. The van der Waals surface area contributed by atoms with Crippen molar-refractivity contribution in [2.24, 2.45) is 7.05 Å². The number of hydrogen-bond donors (Lipinski definition) is 1. The molecule has 0 radical (unpaired) electrons. The molecule has 2 aromatic heterocycles. The molecule has 2 heterocycles. The zero-order valence-corrected chi connectivity index (χ0v) is 14.7. The predicted octanol–water partition coefficient (Wildman–Crippen LogP) is 4.34. The van der Waals surface area contributed by atoms with Crippen LogP contribution in [0.15, 0.2) is 48.5 Å². The average molecular weight is 333 g/mol. The smallest absolute Gasteiger partial charge is 0.204 e. The molecule has 0 saturated heterocycles. The van der Waals surface area contributed by atoms with E-state index in [2.05, 4.69) is 58.8 Å². The molecule has 2 aromatic carbocycles. The standard InChI is InChI=1S/C20H23N5/c1-3-4-13-25-18-12-8-6-10-16(18)23-20(25)21-14-19-22-15-9-5-7-11-17(15)24(19)2/h5-12H,3-4,13-14H2,1-2H3,(H,21,23). The molecule has 4 aromatic rings. The maximum absolute atomic E-state index is 4.78. The van der Waals surface area contributed by atoms with Gasteiger partial charge in [0.15, 0.2) is 0 Å².